The quantitative estimate of drug-likeness (QED) is 0.692. The predicted molar refractivity (Wildman–Crippen MR) is 75.2 cm³/mol. The lowest BCUT2D eigenvalue weighted by Gasteiger charge is -2.11. The lowest BCUT2D eigenvalue weighted by molar-refractivity contribution is 0.218. The highest BCUT2D eigenvalue weighted by atomic mass is 79.9. The molecule has 90 valence electrons. The molecule has 1 N–H and O–H groups in total. The van der Waals surface area contributed by atoms with Gasteiger partial charge in [-0.25, -0.2) is 4.39 Å². The van der Waals surface area contributed by atoms with Crippen molar-refractivity contribution < 1.29 is 9.50 Å². The molecule has 0 amide bonds. The number of aliphatic hydroxyl groups is 1. The highest BCUT2D eigenvalue weighted by Gasteiger charge is 2.19. The summed E-state index contributed by atoms with van der Waals surface area (Å²) in [6, 6.07) is 4.89. The van der Waals surface area contributed by atoms with Crippen LogP contribution in [-0.4, -0.2) is 5.11 Å². The second-order valence-corrected chi connectivity index (χ2v) is 6.43. The van der Waals surface area contributed by atoms with Crippen LogP contribution in [0.1, 0.15) is 16.5 Å². The van der Waals surface area contributed by atoms with E-state index in [1.165, 1.54) is 17.4 Å². The summed E-state index contributed by atoms with van der Waals surface area (Å²) in [7, 11) is 0. The van der Waals surface area contributed by atoms with Crippen LogP contribution >= 0.6 is 54.8 Å². The molecule has 0 bridgehead atoms. The third-order valence-electron chi connectivity index (χ3n) is 2.22. The van der Waals surface area contributed by atoms with Gasteiger partial charge in [0.2, 0.25) is 0 Å². The van der Waals surface area contributed by atoms with Crippen LogP contribution in [0, 0.1) is 5.82 Å². The zero-order valence-electron chi connectivity index (χ0n) is 8.25. The highest BCUT2D eigenvalue weighted by molar-refractivity contribution is 9.10. The molecular weight excluding hydrogens is 394 g/mol. The van der Waals surface area contributed by atoms with E-state index in [-0.39, 0.29) is 10.6 Å². The standard InChI is InChI=1S/C11H6Br2ClFOS/c12-5-3-8(17-4-5)11(16)6-1-2-7(13)9(14)10(6)15/h1-4,11,16H. The van der Waals surface area contributed by atoms with Gasteiger partial charge in [-0.3, -0.25) is 0 Å². The summed E-state index contributed by atoms with van der Waals surface area (Å²) < 4.78 is 15.2. The fraction of sp³-hybridized carbons (Fsp3) is 0.0909. The molecule has 0 spiro atoms. The van der Waals surface area contributed by atoms with Gasteiger partial charge in [-0.2, -0.15) is 0 Å². The Morgan fingerprint density at radius 2 is 2.06 bits per heavy atom. The van der Waals surface area contributed by atoms with Crippen LogP contribution in [0.4, 0.5) is 4.39 Å². The first-order chi connectivity index (χ1) is 8.00. The first kappa shape index (κ1) is 13.5. The average molecular weight is 400 g/mol. The fourth-order valence-corrected chi connectivity index (χ4v) is 3.30. The van der Waals surface area contributed by atoms with E-state index in [1.807, 2.05) is 5.38 Å². The van der Waals surface area contributed by atoms with Gasteiger partial charge in [0, 0.05) is 24.8 Å². The van der Waals surface area contributed by atoms with E-state index in [4.69, 9.17) is 11.6 Å². The van der Waals surface area contributed by atoms with Crippen molar-refractivity contribution in [2.24, 2.45) is 0 Å². The van der Waals surface area contributed by atoms with E-state index < -0.39 is 11.9 Å². The van der Waals surface area contributed by atoms with Gasteiger partial charge >= 0.3 is 0 Å². The van der Waals surface area contributed by atoms with Crippen molar-refractivity contribution in [2.75, 3.05) is 0 Å². The van der Waals surface area contributed by atoms with Crippen LogP contribution in [0.15, 0.2) is 32.5 Å². The Balaban J connectivity index is 2.44. The molecule has 0 aliphatic carbocycles. The van der Waals surface area contributed by atoms with Crippen LogP contribution in [0.3, 0.4) is 0 Å². The summed E-state index contributed by atoms with van der Waals surface area (Å²) in [4.78, 5) is 0.661. The Bertz CT molecular complexity index is 558. The van der Waals surface area contributed by atoms with E-state index >= 15 is 0 Å². The van der Waals surface area contributed by atoms with Crippen molar-refractivity contribution in [1.29, 1.82) is 0 Å². The third-order valence-corrected chi connectivity index (χ3v) is 5.22. The van der Waals surface area contributed by atoms with Crippen molar-refractivity contribution in [3.8, 4) is 0 Å². The molecule has 1 aromatic heterocycles. The zero-order chi connectivity index (χ0) is 12.6. The summed E-state index contributed by atoms with van der Waals surface area (Å²) in [6.07, 6.45) is -1.00. The van der Waals surface area contributed by atoms with Gasteiger partial charge in [-0.15, -0.1) is 11.3 Å². The van der Waals surface area contributed by atoms with Crippen LogP contribution in [0.2, 0.25) is 5.02 Å². The summed E-state index contributed by atoms with van der Waals surface area (Å²) >= 11 is 13.6. The van der Waals surface area contributed by atoms with Gasteiger partial charge < -0.3 is 5.11 Å². The summed E-state index contributed by atoms with van der Waals surface area (Å²) in [5.41, 5.74) is 0.174. The zero-order valence-corrected chi connectivity index (χ0v) is 13.0. The summed E-state index contributed by atoms with van der Waals surface area (Å²) in [6.45, 7) is 0. The predicted octanol–water partition coefficient (Wildman–Crippen LogP) is 5.15. The first-order valence-corrected chi connectivity index (χ1v) is 7.40. The molecule has 1 aromatic carbocycles. The molecule has 1 nitrogen and oxygen atoms in total. The molecule has 17 heavy (non-hydrogen) atoms. The fourth-order valence-electron chi connectivity index (χ4n) is 1.38. The summed E-state index contributed by atoms with van der Waals surface area (Å²) in [5.74, 6) is -0.599. The van der Waals surface area contributed by atoms with Crippen LogP contribution in [0.5, 0.6) is 0 Å². The maximum absolute atomic E-state index is 13.9. The molecule has 0 saturated carbocycles. The number of halogens is 4. The van der Waals surface area contributed by atoms with Gasteiger partial charge in [0.25, 0.3) is 0 Å². The molecule has 0 aliphatic heterocycles. The Kier molecular flexibility index (Phi) is 4.26. The van der Waals surface area contributed by atoms with E-state index in [1.54, 1.807) is 12.1 Å². The van der Waals surface area contributed by atoms with Crippen molar-refractivity contribution >= 4 is 54.8 Å². The molecule has 6 heteroatoms. The van der Waals surface area contributed by atoms with Crippen molar-refractivity contribution in [3.05, 3.63) is 53.8 Å². The molecule has 0 saturated heterocycles. The van der Waals surface area contributed by atoms with Crippen LogP contribution < -0.4 is 0 Å². The molecule has 0 fully saturated rings. The number of hydrogen-bond donors (Lipinski definition) is 1. The first-order valence-electron chi connectivity index (χ1n) is 4.56. The topological polar surface area (TPSA) is 20.2 Å². The van der Waals surface area contributed by atoms with Crippen molar-refractivity contribution in [2.45, 2.75) is 6.10 Å². The van der Waals surface area contributed by atoms with Gasteiger partial charge in [-0.1, -0.05) is 17.7 Å². The number of thiophene rings is 1. The minimum Gasteiger partial charge on any atom is -0.383 e. The molecule has 1 heterocycles. The molecular formula is C11H6Br2ClFOS. The van der Waals surface area contributed by atoms with Gasteiger partial charge in [-0.05, 0) is 44.0 Å². The van der Waals surface area contributed by atoms with Gasteiger partial charge in [0.05, 0.1) is 5.02 Å². The van der Waals surface area contributed by atoms with Crippen LogP contribution in [-0.2, 0) is 0 Å². The molecule has 0 radical (unpaired) electrons. The normalized spacial score (nSPS) is 12.8. The number of rotatable bonds is 2. The highest BCUT2D eigenvalue weighted by Crippen LogP contribution is 2.35. The van der Waals surface area contributed by atoms with Gasteiger partial charge in [0.1, 0.15) is 11.9 Å². The van der Waals surface area contributed by atoms with Crippen molar-refractivity contribution in [1.82, 2.24) is 0 Å². The monoisotopic (exact) mass is 398 g/mol. The van der Waals surface area contributed by atoms with E-state index in [9.17, 15) is 9.50 Å². The molecule has 0 aliphatic rings. The smallest absolute Gasteiger partial charge is 0.149 e. The second-order valence-electron chi connectivity index (χ2n) is 3.33. The lowest BCUT2D eigenvalue weighted by Crippen LogP contribution is -2.01. The number of benzene rings is 1. The SMILES string of the molecule is OC(c1cc(Br)cs1)c1ccc(Br)c(Cl)c1F. The molecule has 1 atom stereocenters. The summed E-state index contributed by atoms with van der Waals surface area (Å²) in [5, 5.41) is 11.9. The molecule has 2 aromatic rings. The van der Waals surface area contributed by atoms with Crippen molar-refractivity contribution in [3.63, 3.8) is 0 Å². The largest absolute Gasteiger partial charge is 0.383 e. The third kappa shape index (κ3) is 2.74. The van der Waals surface area contributed by atoms with Crippen LogP contribution in [0.25, 0.3) is 0 Å². The maximum Gasteiger partial charge on any atom is 0.149 e. The van der Waals surface area contributed by atoms with E-state index in [0.29, 0.717) is 9.35 Å². The molecule has 2 rings (SSSR count). The van der Waals surface area contributed by atoms with E-state index in [0.717, 1.165) is 4.47 Å². The number of aliphatic hydroxyl groups excluding tert-OH is 1. The lowest BCUT2D eigenvalue weighted by atomic mass is 10.1. The minimum absolute atomic E-state index is 0.0165. The Morgan fingerprint density at radius 3 is 2.65 bits per heavy atom. The van der Waals surface area contributed by atoms with E-state index in [2.05, 4.69) is 31.9 Å². The van der Waals surface area contributed by atoms with Gasteiger partial charge in [0.15, 0.2) is 0 Å². The Morgan fingerprint density at radius 1 is 1.35 bits per heavy atom. The maximum atomic E-state index is 13.9. The average Bonchev–Trinajstić information content (AvgIpc) is 2.72. The second kappa shape index (κ2) is 5.36. The minimum atomic E-state index is -1.00. The molecule has 1 unspecified atom stereocenters. The Hall–Kier alpha value is 0.0600. The number of hydrogen-bond acceptors (Lipinski definition) is 2. The Labute approximate surface area is 123 Å².